The molecule has 2 aromatic rings. The van der Waals surface area contributed by atoms with Crippen molar-refractivity contribution < 1.29 is 19.1 Å². The number of rotatable bonds is 5. The van der Waals surface area contributed by atoms with E-state index in [-0.39, 0.29) is 23.9 Å². The molecular weight excluding hydrogens is 394 g/mol. The van der Waals surface area contributed by atoms with Crippen molar-refractivity contribution in [3.8, 4) is 11.5 Å². The van der Waals surface area contributed by atoms with Gasteiger partial charge < -0.3 is 25.0 Å². The van der Waals surface area contributed by atoms with Crippen molar-refractivity contribution in [2.75, 3.05) is 24.9 Å². The molecular formula is C24H29N3O4. The minimum absolute atomic E-state index is 0.0273. The lowest BCUT2D eigenvalue weighted by molar-refractivity contribution is -0.121. The number of fused-ring (bicyclic) bond motifs is 1. The smallest absolute Gasteiger partial charge is 0.322 e. The van der Waals surface area contributed by atoms with Crippen LogP contribution in [0.4, 0.5) is 16.2 Å². The lowest BCUT2D eigenvalue weighted by Gasteiger charge is -2.39. The van der Waals surface area contributed by atoms with Crippen molar-refractivity contribution in [1.82, 2.24) is 4.90 Å². The molecule has 1 heterocycles. The summed E-state index contributed by atoms with van der Waals surface area (Å²) in [5.74, 6) is 1.51. The fourth-order valence-corrected chi connectivity index (χ4v) is 4.55. The van der Waals surface area contributed by atoms with Gasteiger partial charge in [-0.2, -0.15) is 0 Å². The third-order valence-corrected chi connectivity index (χ3v) is 6.37. The van der Waals surface area contributed by atoms with Crippen molar-refractivity contribution >= 4 is 23.3 Å². The van der Waals surface area contributed by atoms with Gasteiger partial charge in [-0.15, -0.1) is 0 Å². The van der Waals surface area contributed by atoms with E-state index in [9.17, 15) is 9.59 Å². The number of ether oxygens (including phenoxy) is 2. The zero-order chi connectivity index (χ0) is 22.0. The van der Waals surface area contributed by atoms with E-state index in [1.807, 2.05) is 48.2 Å². The summed E-state index contributed by atoms with van der Waals surface area (Å²) in [6.07, 6.45) is 3.10. The van der Waals surface area contributed by atoms with E-state index < -0.39 is 0 Å². The largest absolute Gasteiger partial charge is 0.496 e. The first kappa shape index (κ1) is 21.0. The van der Waals surface area contributed by atoms with Gasteiger partial charge in [0.2, 0.25) is 5.91 Å². The number of aryl methyl sites for hydroxylation is 1. The lowest BCUT2D eigenvalue weighted by Crippen LogP contribution is -2.47. The normalized spacial score (nSPS) is 20.5. The Kier molecular flexibility index (Phi) is 6.02. The van der Waals surface area contributed by atoms with E-state index >= 15 is 0 Å². The number of carbonyl (C=O) groups excluding carboxylic acids is 2. The van der Waals surface area contributed by atoms with E-state index in [0.29, 0.717) is 6.54 Å². The molecule has 164 valence electrons. The molecule has 2 aromatic carbocycles. The van der Waals surface area contributed by atoms with Crippen molar-refractivity contribution in [2.24, 2.45) is 5.92 Å². The van der Waals surface area contributed by atoms with Crippen molar-refractivity contribution in [1.29, 1.82) is 0 Å². The first-order valence-electron chi connectivity index (χ1n) is 10.7. The molecule has 3 amide bonds. The summed E-state index contributed by atoms with van der Waals surface area (Å²) in [5, 5.41) is 6.00. The van der Waals surface area contributed by atoms with Crippen molar-refractivity contribution in [2.45, 2.75) is 45.2 Å². The summed E-state index contributed by atoms with van der Waals surface area (Å²) < 4.78 is 10.8. The molecule has 0 radical (unpaired) electrons. The molecule has 0 spiro atoms. The highest BCUT2D eigenvalue weighted by Gasteiger charge is 2.34. The first-order chi connectivity index (χ1) is 15.0. The molecule has 1 saturated carbocycles. The number of amides is 3. The van der Waals surface area contributed by atoms with Gasteiger partial charge in [0.1, 0.15) is 11.5 Å². The average molecular weight is 424 g/mol. The Hall–Kier alpha value is -3.22. The highest BCUT2D eigenvalue weighted by molar-refractivity contribution is 5.94. The van der Waals surface area contributed by atoms with Gasteiger partial charge in [-0.3, -0.25) is 4.79 Å². The van der Waals surface area contributed by atoms with Crippen LogP contribution in [-0.4, -0.2) is 37.1 Å². The molecule has 7 nitrogen and oxygen atoms in total. The minimum Gasteiger partial charge on any atom is -0.496 e. The molecule has 1 fully saturated rings. The minimum atomic E-state index is -0.0830. The number of hydrogen-bond acceptors (Lipinski definition) is 4. The van der Waals surface area contributed by atoms with Crippen LogP contribution in [0.3, 0.4) is 0 Å². The lowest BCUT2D eigenvalue weighted by atomic mass is 9.84. The van der Waals surface area contributed by atoms with Gasteiger partial charge in [-0.05, 0) is 56.4 Å². The number of nitrogens with zero attached hydrogens (tertiary/aromatic N) is 1. The van der Waals surface area contributed by atoms with Crippen LogP contribution in [0.25, 0.3) is 0 Å². The van der Waals surface area contributed by atoms with Gasteiger partial charge >= 0.3 is 6.03 Å². The Bertz CT molecular complexity index is 983. The quantitative estimate of drug-likeness (QED) is 0.739. The van der Waals surface area contributed by atoms with Gasteiger partial charge in [0, 0.05) is 29.3 Å². The highest BCUT2D eigenvalue weighted by Crippen LogP contribution is 2.36. The van der Waals surface area contributed by atoms with Crippen molar-refractivity contribution in [3.05, 3.63) is 47.5 Å². The van der Waals surface area contributed by atoms with Crippen LogP contribution in [0.5, 0.6) is 11.5 Å². The Morgan fingerprint density at radius 1 is 1.06 bits per heavy atom. The number of methoxy groups -OCH3 is 2. The Morgan fingerprint density at radius 2 is 1.81 bits per heavy atom. The number of urea groups is 1. The molecule has 2 aliphatic rings. The summed E-state index contributed by atoms with van der Waals surface area (Å²) >= 11 is 0. The molecule has 0 atom stereocenters. The summed E-state index contributed by atoms with van der Waals surface area (Å²) in [6.45, 7) is 2.49. The maximum atomic E-state index is 12.8. The molecule has 31 heavy (non-hydrogen) atoms. The van der Waals surface area contributed by atoms with E-state index in [0.717, 1.165) is 59.7 Å². The molecule has 7 heteroatoms. The van der Waals surface area contributed by atoms with Gasteiger partial charge in [-0.25, -0.2) is 4.79 Å². The molecule has 2 N–H and O–H groups in total. The maximum absolute atomic E-state index is 12.8. The summed E-state index contributed by atoms with van der Waals surface area (Å²) in [7, 11) is 3.27. The zero-order valence-corrected chi connectivity index (χ0v) is 18.2. The van der Waals surface area contributed by atoms with Gasteiger partial charge in [0.15, 0.2) is 0 Å². The second-order valence-corrected chi connectivity index (χ2v) is 8.22. The molecule has 1 aliphatic carbocycles. The Morgan fingerprint density at radius 3 is 2.52 bits per heavy atom. The summed E-state index contributed by atoms with van der Waals surface area (Å²) in [5.41, 5.74) is 3.58. The molecule has 0 bridgehead atoms. The van der Waals surface area contributed by atoms with Gasteiger partial charge in [-0.1, -0.05) is 12.1 Å². The van der Waals surface area contributed by atoms with Gasteiger partial charge in [0.05, 0.1) is 26.5 Å². The van der Waals surface area contributed by atoms with Crippen LogP contribution in [0, 0.1) is 12.8 Å². The predicted octanol–water partition coefficient (Wildman–Crippen LogP) is 4.56. The highest BCUT2D eigenvalue weighted by atomic mass is 16.5. The van der Waals surface area contributed by atoms with Crippen LogP contribution in [0.2, 0.25) is 0 Å². The number of anilines is 2. The Balaban J connectivity index is 1.37. The van der Waals surface area contributed by atoms with Crippen molar-refractivity contribution in [3.63, 3.8) is 0 Å². The molecule has 4 rings (SSSR count). The number of benzene rings is 2. The number of hydrogen-bond donors (Lipinski definition) is 2. The topological polar surface area (TPSA) is 79.9 Å². The molecule has 0 unspecified atom stereocenters. The second-order valence-electron chi connectivity index (χ2n) is 8.22. The predicted molar refractivity (Wildman–Crippen MR) is 120 cm³/mol. The zero-order valence-electron chi connectivity index (χ0n) is 18.2. The standard InChI is InChI=1S/C24H29N3O4/c1-15-7-10-17(13-22(15)31-3)25-23(28)16-8-11-18(12-9-16)27-14-19-20(26-24(27)29)5-4-6-21(19)30-2/h4-7,10,13,16,18H,8-9,11-12,14H2,1-3H3,(H,25,28)(H,26,29). The third-order valence-electron chi connectivity index (χ3n) is 6.37. The monoisotopic (exact) mass is 423 g/mol. The third kappa shape index (κ3) is 4.31. The van der Waals surface area contributed by atoms with Crippen LogP contribution in [0.1, 0.15) is 36.8 Å². The van der Waals surface area contributed by atoms with Crippen LogP contribution in [0.15, 0.2) is 36.4 Å². The SMILES string of the molecule is COc1cc(NC(=O)C2CCC(N3Cc4c(cccc4OC)NC3=O)CC2)ccc1C. The van der Waals surface area contributed by atoms with E-state index in [1.54, 1.807) is 14.2 Å². The van der Waals surface area contributed by atoms with E-state index in [4.69, 9.17) is 9.47 Å². The van der Waals surface area contributed by atoms with Crippen LogP contribution < -0.4 is 20.1 Å². The van der Waals surface area contributed by atoms with E-state index in [1.165, 1.54) is 0 Å². The molecule has 0 aromatic heterocycles. The second kappa shape index (κ2) is 8.88. The fraction of sp³-hybridized carbons (Fsp3) is 0.417. The Labute approximate surface area is 182 Å². The summed E-state index contributed by atoms with van der Waals surface area (Å²) in [4.78, 5) is 27.3. The van der Waals surface area contributed by atoms with Crippen LogP contribution >= 0.6 is 0 Å². The van der Waals surface area contributed by atoms with Gasteiger partial charge in [0.25, 0.3) is 0 Å². The fourth-order valence-electron chi connectivity index (χ4n) is 4.55. The summed E-state index contributed by atoms with van der Waals surface area (Å²) in [6, 6.07) is 11.4. The number of carbonyl (C=O) groups is 2. The molecule has 1 aliphatic heterocycles. The number of nitrogens with one attached hydrogen (secondary N) is 2. The average Bonchev–Trinajstić information content (AvgIpc) is 2.79. The maximum Gasteiger partial charge on any atom is 0.322 e. The first-order valence-corrected chi connectivity index (χ1v) is 10.7. The van der Waals surface area contributed by atoms with E-state index in [2.05, 4.69) is 10.6 Å². The molecule has 0 saturated heterocycles. The van der Waals surface area contributed by atoms with Crippen LogP contribution in [-0.2, 0) is 11.3 Å².